The quantitative estimate of drug-likeness (QED) is 0.865. The summed E-state index contributed by atoms with van der Waals surface area (Å²) in [5.41, 5.74) is 6.12. The molecule has 0 saturated heterocycles. The number of hydrogen-bond donors (Lipinski definition) is 1. The van der Waals surface area contributed by atoms with Crippen molar-refractivity contribution in [1.82, 2.24) is 10.1 Å². The molecule has 2 fully saturated rings. The zero-order valence-corrected chi connectivity index (χ0v) is 12.6. The molecule has 0 bridgehead atoms. The summed E-state index contributed by atoms with van der Waals surface area (Å²) < 4.78 is 5.40. The Hall–Kier alpha value is -0.900. The summed E-state index contributed by atoms with van der Waals surface area (Å²) in [6, 6.07) is 0.212. The zero-order valence-electron chi connectivity index (χ0n) is 12.6. The van der Waals surface area contributed by atoms with E-state index in [0.29, 0.717) is 11.8 Å². The van der Waals surface area contributed by atoms with Gasteiger partial charge in [-0.15, -0.1) is 0 Å². The fraction of sp³-hybridized carbons (Fsp3) is 0.875. The van der Waals surface area contributed by atoms with Gasteiger partial charge in [-0.3, -0.25) is 0 Å². The van der Waals surface area contributed by atoms with E-state index in [2.05, 4.69) is 17.1 Å². The van der Waals surface area contributed by atoms with Crippen LogP contribution in [0.25, 0.3) is 0 Å². The molecule has 4 nitrogen and oxygen atoms in total. The smallest absolute Gasteiger partial charge is 0.228 e. The Labute approximate surface area is 121 Å². The average molecular weight is 277 g/mol. The molecule has 2 aliphatic carbocycles. The van der Waals surface area contributed by atoms with E-state index in [-0.39, 0.29) is 6.04 Å². The molecular formula is C16H27N3O. The van der Waals surface area contributed by atoms with Crippen LogP contribution < -0.4 is 5.73 Å². The fourth-order valence-corrected chi connectivity index (χ4v) is 3.53. The molecule has 1 unspecified atom stereocenters. The predicted octanol–water partition coefficient (Wildman–Crippen LogP) is 3.42. The molecule has 20 heavy (non-hydrogen) atoms. The van der Waals surface area contributed by atoms with Crippen molar-refractivity contribution in [3.8, 4) is 0 Å². The van der Waals surface area contributed by atoms with E-state index in [0.717, 1.165) is 24.1 Å². The van der Waals surface area contributed by atoms with Crippen molar-refractivity contribution < 1.29 is 4.52 Å². The van der Waals surface area contributed by atoms with Crippen molar-refractivity contribution in [3.05, 3.63) is 11.7 Å². The van der Waals surface area contributed by atoms with Crippen LogP contribution in [0.15, 0.2) is 4.52 Å². The lowest BCUT2D eigenvalue weighted by Crippen LogP contribution is -2.25. The number of aromatic nitrogens is 2. The van der Waals surface area contributed by atoms with Gasteiger partial charge in [-0.05, 0) is 50.4 Å². The van der Waals surface area contributed by atoms with Gasteiger partial charge < -0.3 is 10.3 Å². The molecule has 0 radical (unpaired) electrons. The second-order valence-electron chi connectivity index (χ2n) is 6.76. The van der Waals surface area contributed by atoms with Gasteiger partial charge in [-0.1, -0.05) is 24.9 Å². The van der Waals surface area contributed by atoms with Crippen LogP contribution in [-0.2, 0) is 6.42 Å². The summed E-state index contributed by atoms with van der Waals surface area (Å²) in [5, 5.41) is 4.20. The molecule has 3 rings (SSSR count). The van der Waals surface area contributed by atoms with Gasteiger partial charge in [0.1, 0.15) is 0 Å². The highest BCUT2D eigenvalue weighted by Crippen LogP contribution is 2.37. The minimum absolute atomic E-state index is 0.212. The second-order valence-corrected chi connectivity index (χ2v) is 6.76. The number of hydrogen-bond acceptors (Lipinski definition) is 4. The van der Waals surface area contributed by atoms with E-state index in [1.165, 1.54) is 51.4 Å². The molecular weight excluding hydrogens is 250 g/mol. The number of nitrogens with two attached hydrogens (primary N) is 1. The van der Waals surface area contributed by atoms with E-state index in [1.807, 2.05) is 0 Å². The highest BCUT2D eigenvalue weighted by Gasteiger charge is 2.30. The SMILES string of the molecule is CCCC1CCC(c2noc(CC(N)C3CC3)n2)CC1. The van der Waals surface area contributed by atoms with E-state index in [4.69, 9.17) is 10.3 Å². The lowest BCUT2D eigenvalue weighted by molar-refractivity contribution is 0.294. The zero-order chi connectivity index (χ0) is 13.9. The van der Waals surface area contributed by atoms with E-state index >= 15 is 0 Å². The highest BCUT2D eigenvalue weighted by molar-refractivity contribution is 5.00. The summed E-state index contributed by atoms with van der Waals surface area (Å²) in [5.74, 6) is 3.80. The molecule has 0 aromatic carbocycles. The summed E-state index contributed by atoms with van der Waals surface area (Å²) in [4.78, 5) is 4.60. The summed E-state index contributed by atoms with van der Waals surface area (Å²) in [7, 11) is 0. The summed E-state index contributed by atoms with van der Waals surface area (Å²) in [6.07, 6.45) is 11.1. The van der Waals surface area contributed by atoms with Gasteiger partial charge in [-0.2, -0.15) is 4.98 Å². The van der Waals surface area contributed by atoms with Gasteiger partial charge in [-0.25, -0.2) is 0 Å². The minimum atomic E-state index is 0.212. The fourth-order valence-electron chi connectivity index (χ4n) is 3.53. The molecule has 1 heterocycles. The monoisotopic (exact) mass is 277 g/mol. The van der Waals surface area contributed by atoms with Crippen LogP contribution in [0, 0.1) is 11.8 Å². The Balaban J connectivity index is 1.51. The van der Waals surface area contributed by atoms with E-state index in [9.17, 15) is 0 Å². The molecule has 4 heteroatoms. The maximum atomic E-state index is 6.12. The maximum absolute atomic E-state index is 6.12. The average Bonchev–Trinajstić information content (AvgIpc) is 3.21. The van der Waals surface area contributed by atoms with Gasteiger partial charge in [0, 0.05) is 18.4 Å². The van der Waals surface area contributed by atoms with Crippen LogP contribution in [0.2, 0.25) is 0 Å². The van der Waals surface area contributed by atoms with Crippen molar-refractivity contribution in [3.63, 3.8) is 0 Å². The standard InChI is InChI=1S/C16H27N3O/c1-2-3-11-4-6-13(7-5-11)16-18-15(20-19-16)10-14(17)12-8-9-12/h11-14H,2-10,17H2,1H3. The van der Waals surface area contributed by atoms with Crippen molar-refractivity contribution >= 4 is 0 Å². The molecule has 2 saturated carbocycles. The molecule has 0 aliphatic heterocycles. The van der Waals surface area contributed by atoms with Gasteiger partial charge >= 0.3 is 0 Å². The second kappa shape index (κ2) is 6.25. The van der Waals surface area contributed by atoms with Gasteiger partial charge in [0.25, 0.3) is 0 Å². The Bertz CT molecular complexity index is 419. The number of rotatable bonds is 6. The van der Waals surface area contributed by atoms with E-state index < -0.39 is 0 Å². The maximum Gasteiger partial charge on any atom is 0.228 e. The Morgan fingerprint density at radius 1 is 1.20 bits per heavy atom. The van der Waals surface area contributed by atoms with Crippen molar-refractivity contribution in [1.29, 1.82) is 0 Å². The summed E-state index contributed by atoms with van der Waals surface area (Å²) >= 11 is 0. The third kappa shape index (κ3) is 3.40. The Kier molecular flexibility index (Phi) is 4.39. The molecule has 2 N–H and O–H groups in total. The lowest BCUT2D eigenvalue weighted by Gasteiger charge is -2.26. The molecule has 1 atom stereocenters. The Morgan fingerprint density at radius 3 is 2.60 bits per heavy atom. The van der Waals surface area contributed by atoms with Gasteiger partial charge in [0.05, 0.1) is 0 Å². The van der Waals surface area contributed by atoms with Crippen molar-refractivity contribution in [2.24, 2.45) is 17.6 Å². The predicted molar refractivity (Wildman–Crippen MR) is 78.3 cm³/mol. The minimum Gasteiger partial charge on any atom is -0.339 e. The van der Waals surface area contributed by atoms with Crippen LogP contribution >= 0.6 is 0 Å². The molecule has 1 aromatic heterocycles. The lowest BCUT2D eigenvalue weighted by atomic mass is 9.80. The van der Waals surface area contributed by atoms with Gasteiger partial charge in [0.2, 0.25) is 5.89 Å². The van der Waals surface area contributed by atoms with Crippen LogP contribution in [0.1, 0.15) is 75.9 Å². The number of nitrogens with zero attached hydrogens (tertiary/aromatic N) is 2. The molecule has 0 spiro atoms. The summed E-state index contributed by atoms with van der Waals surface area (Å²) in [6.45, 7) is 2.28. The first-order valence-electron chi connectivity index (χ1n) is 8.34. The molecule has 1 aromatic rings. The molecule has 112 valence electrons. The molecule has 0 amide bonds. The topological polar surface area (TPSA) is 64.9 Å². The van der Waals surface area contributed by atoms with Crippen molar-refractivity contribution in [2.75, 3.05) is 0 Å². The largest absolute Gasteiger partial charge is 0.339 e. The first kappa shape index (κ1) is 14.1. The Morgan fingerprint density at radius 2 is 1.95 bits per heavy atom. The first-order valence-corrected chi connectivity index (χ1v) is 8.34. The molecule has 2 aliphatic rings. The van der Waals surface area contributed by atoms with Crippen LogP contribution in [0.3, 0.4) is 0 Å². The van der Waals surface area contributed by atoms with Crippen molar-refractivity contribution in [2.45, 2.75) is 76.7 Å². The normalized spacial score (nSPS) is 28.5. The third-order valence-corrected chi connectivity index (χ3v) is 5.03. The highest BCUT2D eigenvalue weighted by atomic mass is 16.5. The van der Waals surface area contributed by atoms with Crippen LogP contribution in [-0.4, -0.2) is 16.2 Å². The first-order chi connectivity index (χ1) is 9.76. The van der Waals surface area contributed by atoms with Crippen LogP contribution in [0.5, 0.6) is 0 Å². The van der Waals surface area contributed by atoms with Gasteiger partial charge in [0.15, 0.2) is 5.82 Å². The third-order valence-electron chi connectivity index (χ3n) is 5.03. The van der Waals surface area contributed by atoms with E-state index in [1.54, 1.807) is 0 Å². The van der Waals surface area contributed by atoms with Crippen LogP contribution in [0.4, 0.5) is 0 Å².